The summed E-state index contributed by atoms with van der Waals surface area (Å²) in [4.78, 5) is -0.999. The minimum Gasteiger partial charge on any atom is -0.391 e. The van der Waals surface area contributed by atoms with Crippen molar-refractivity contribution >= 4 is 10.0 Å². The molecule has 21 heavy (non-hydrogen) atoms. The fourth-order valence-electron chi connectivity index (χ4n) is 2.69. The number of sulfonamides is 1. The Morgan fingerprint density at radius 3 is 2.33 bits per heavy atom. The molecule has 1 atom stereocenters. The normalized spacial score (nSPS) is 18.6. The Bertz CT molecular complexity index is 566. The number of halogens is 2. The van der Waals surface area contributed by atoms with Gasteiger partial charge < -0.3 is 5.11 Å². The van der Waals surface area contributed by atoms with Crippen LogP contribution < -0.4 is 4.72 Å². The first-order valence-electron chi connectivity index (χ1n) is 7.03. The highest BCUT2D eigenvalue weighted by Crippen LogP contribution is 2.26. The van der Waals surface area contributed by atoms with Gasteiger partial charge in [-0.2, -0.15) is 0 Å². The third-order valence-electron chi connectivity index (χ3n) is 3.86. The molecular weight excluding hydrogens is 300 g/mol. The Kier molecular flexibility index (Phi) is 5.29. The fourth-order valence-corrected chi connectivity index (χ4v) is 3.88. The van der Waals surface area contributed by atoms with Crippen LogP contribution in [0.25, 0.3) is 0 Å². The van der Waals surface area contributed by atoms with Crippen LogP contribution in [0.1, 0.15) is 32.1 Å². The summed E-state index contributed by atoms with van der Waals surface area (Å²) in [5, 5.41) is 10.0. The number of benzene rings is 1. The Balaban J connectivity index is 2.04. The van der Waals surface area contributed by atoms with E-state index in [0.29, 0.717) is 0 Å². The highest BCUT2D eigenvalue weighted by molar-refractivity contribution is 7.89. The molecule has 0 saturated heterocycles. The van der Waals surface area contributed by atoms with E-state index in [1.807, 2.05) is 0 Å². The second kappa shape index (κ2) is 6.81. The molecule has 1 aliphatic carbocycles. The van der Waals surface area contributed by atoms with Gasteiger partial charge in [-0.3, -0.25) is 0 Å². The third kappa shape index (κ3) is 3.99. The Labute approximate surface area is 123 Å². The molecule has 0 spiro atoms. The Morgan fingerprint density at radius 1 is 1.19 bits per heavy atom. The second-order valence-electron chi connectivity index (χ2n) is 5.37. The molecular formula is C14H19F2NO3S. The summed E-state index contributed by atoms with van der Waals surface area (Å²) in [6.07, 6.45) is 3.99. The maximum Gasteiger partial charge on any atom is 0.246 e. The highest BCUT2D eigenvalue weighted by Gasteiger charge is 2.27. The van der Waals surface area contributed by atoms with E-state index in [1.54, 1.807) is 0 Å². The Morgan fingerprint density at radius 2 is 1.76 bits per heavy atom. The maximum absolute atomic E-state index is 13.5. The van der Waals surface area contributed by atoms with Crippen molar-refractivity contribution in [3.05, 3.63) is 29.8 Å². The molecule has 4 nitrogen and oxygen atoms in total. The van der Waals surface area contributed by atoms with Crippen LogP contribution in [-0.2, 0) is 10.0 Å². The first-order chi connectivity index (χ1) is 9.92. The van der Waals surface area contributed by atoms with Crippen molar-refractivity contribution in [2.24, 2.45) is 5.92 Å². The number of aliphatic hydroxyl groups excluding tert-OH is 1. The van der Waals surface area contributed by atoms with E-state index in [2.05, 4.69) is 4.72 Å². The molecule has 0 heterocycles. The van der Waals surface area contributed by atoms with Gasteiger partial charge >= 0.3 is 0 Å². The molecule has 0 amide bonds. The van der Waals surface area contributed by atoms with Crippen LogP contribution >= 0.6 is 0 Å². The number of aliphatic hydroxyl groups is 1. The lowest BCUT2D eigenvalue weighted by molar-refractivity contribution is 0.0888. The number of rotatable bonds is 5. The van der Waals surface area contributed by atoms with Gasteiger partial charge in [-0.05, 0) is 30.9 Å². The zero-order valence-corrected chi connectivity index (χ0v) is 12.4. The van der Waals surface area contributed by atoms with Crippen LogP contribution in [0.3, 0.4) is 0 Å². The van der Waals surface area contributed by atoms with Crippen molar-refractivity contribution in [2.45, 2.75) is 43.1 Å². The molecule has 0 aromatic heterocycles. The molecule has 2 N–H and O–H groups in total. The van der Waals surface area contributed by atoms with Crippen LogP contribution in [0.4, 0.5) is 8.78 Å². The first kappa shape index (κ1) is 16.3. The van der Waals surface area contributed by atoms with Crippen LogP contribution in [0.15, 0.2) is 23.1 Å². The molecule has 1 aliphatic rings. The van der Waals surface area contributed by atoms with Crippen molar-refractivity contribution in [3.63, 3.8) is 0 Å². The topological polar surface area (TPSA) is 66.4 Å². The lowest BCUT2D eigenvalue weighted by Gasteiger charge is -2.26. The molecule has 118 valence electrons. The van der Waals surface area contributed by atoms with Crippen molar-refractivity contribution in [2.75, 3.05) is 6.54 Å². The standard InChI is InChI=1S/C14H19F2NO3S/c15-11-7-4-8-12(16)14(11)21(19,20)17-9-13(18)10-5-2-1-3-6-10/h4,7-8,10,13,17-18H,1-3,5-6,9H2/t13-/m1/s1. The highest BCUT2D eigenvalue weighted by atomic mass is 32.2. The molecule has 1 aromatic rings. The predicted octanol–water partition coefficient (Wildman–Crippen LogP) is 2.18. The maximum atomic E-state index is 13.5. The van der Waals surface area contributed by atoms with Crippen LogP contribution in [-0.4, -0.2) is 26.2 Å². The predicted molar refractivity (Wildman–Crippen MR) is 74.1 cm³/mol. The lowest BCUT2D eigenvalue weighted by Crippen LogP contribution is -2.37. The van der Waals surface area contributed by atoms with E-state index >= 15 is 0 Å². The Hall–Kier alpha value is -1.05. The minimum absolute atomic E-state index is 0.0342. The number of nitrogens with one attached hydrogen (secondary N) is 1. The van der Waals surface area contributed by atoms with Crippen LogP contribution in [0.5, 0.6) is 0 Å². The smallest absolute Gasteiger partial charge is 0.246 e. The van der Waals surface area contributed by atoms with Crippen molar-refractivity contribution < 1.29 is 22.3 Å². The number of hydrogen-bond acceptors (Lipinski definition) is 3. The van der Waals surface area contributed by atoms with E-state index in [1.165, 1.54) is 0 Å². The quantitative estimate of drug-likeness (QED) is 0.874. The summed E-state index contributed by atoms with van der Waals surface area (Å²) < 4.78 is 53.0. The monoisotopic (exact) mass is 319 g/mol. The van der Waals surface area contributed by atoms with E-state index in [4.69, 9.17) is 0 Å². The summed E-state index contributed by atoms with van der Waals surface area (Å²) >= 11 is 0. The van der Waals surface area contributed by atoms with Gasteiger partial charge in [0.2, 0.25) is 10.0 Å². The molecule has 1 saturated carbocycles. The SMILES string of the molecule is O=S(=O)(NC[C@@H](O)C1CCCCC1)c1c(F)cccc1F. The molecule has 0 radical (unpaired) electrons. The van der Waals surface area contributed by atoms with Crippen LogP contribution in [0, 0.1) is 17.6 Å². The number of hydrogen-bond donors (Lipinski definition) is 2. The average Bonchev–Trinajstić information content (AvgIpc) is 2.45. The summed E-state index contributed by atoms with van der Waals surface area (Å²) in [6.45, 7) is -0.235. The molecule has 1 fully saturated rings. The second-order valence-corrected chi connectivity index (χ2v) is 7.07. The molecule has 0 unspecified atom stereocenters. The van der Waals surface area contributed by atoms with Gasteiger partial charge in [0.25, 0.3) is 0 Å². The molecule has 1 aromatic carbocycles. The molecule has 2 rings (SSSR count). The first-order valence-corrected chi connectivity index (χ1v) is 8.52. The van der Waals surface area contributed by atoms with Gasteiger partial charge in [0.05, 0.1) is 6.10 Å². The fraction of sp³-hybridized carbons (Fsp3) is 0.571. The van der Waals surface area contributed by atoms with E-state index in [9.17, 15) is 22.3 Å². The van der Waals surface area contributed by atoms with Gasteiger partial charge in [0, 0.05) is 6.54 Å². The molecule has 0 bridgehead atoms. The summed E-state index contributed by atoms with van der Waals surface area (Å²) in [5.41, 5.74) is 0. The zero-order chi connectivity index (χ0) is 15.5. The minimum atomic E-state index is -4.32. The van der Waals surface area contributed by atoms with E-state index in [-0.39, 0.29) is 12.5 Å². The van der Waals surface area contributed by atoms with Gasteiger partial charge in [0.1, 0.15) is 11.6 Å². The van der Waals surface area contributed by atoms with E-state index in [0.717, 1.165) is 50.3 Å². The van der Waals surface area contributed by atoms with Crippen molar-refractivity contribution in [3.8, 4) is 0 Å². The van der Waals surface area contributed by atoms with Gasteiger partial charge in [-0.15, -0.1) is 0 Å². The molecule has 7 heteroatoms. The van der Waals surface area contributed by atoms with Crippen LogP contribution in [0.2, 0.25) is 0 Å². The van der Waals surface area contributed by atoms with E-state index < -0.39 is 32.7 Å². The summed E-state index contributed by atoms with van der Waals surface area (Å²) in [6, 6.07) is 2.87. The zero-order valence-electron chi connectivity index (χ0n) is 11.6. The largest absolute Gasteiger partial charge is 0.391 e. The third-order valence-corrected chi connectivity index (χ3v) is 5.34. The summed E-state index contributed by atoms with van der Waals surface area (Å²) in [5.74, 6) is -2.25. The van der Waals surface area contributed by atoms with Gasteiger partial charge in [0.15, 0.2) is 4.90 Å². The lowest BCUT2D eigenvalue weighted by atomic mass is 9.85. The van der Waals surface area contributed by atoms with Gasteiger partial charge in [-0.25, -0.2) is 21.9 Å². The van der Waals surface area contributed by atoms with Gasteiger partial charge in [-0.1, -0.05) is 25.3 Å². The van der Waals surface area contributed by atoms with Crippen molar-refractivity contribution in [1.29, 1.82) is 0 Å². The van der Waals surface area contributed by atoms with Crippen molar-refractivity contribution in [1.82, 2.24) is 4.72 Å². The average molecular weight is 319 g/mol. The molecule has 0 aliphatic heterocycles. The summed E-state index contributed by atoms with van der Waals surface area (Å²) in [7, 11) is -4.32.